The van der Waals surface area contributed by atoms with Gasteiger partial charge in [0, 0.05) is 17.5 Å². The molecule has 3 atom stereocenters. The number of likely N-dealkylation sites (tertiary alicyclic amines) is 1. The Morgan fingerprint density at radius 2 is 1.35 bits per heavy atom. The van der Waals surface area contributed by atoms with Crippen molar-refractivity contribution >= 4 is 29.4 Å². The molecular weight excluding hydrogens is 504 g/mol. The first kappa shape index (κ1) is 26.0. The number of anilines is 1. The number of nitrogens with one attached hydrogen (secondary N) is 1. The first-order valence-corrected chi connectivity index (χ1v) is 13.8. The zero-order valence-electron chi connectivity index (χ0n) is 22.8. The van der Waals surface area contributed by atoms with E-state index >= 15 is 0 Å². The summed E-state index contributed by atoms with van der Waals surface area (Å²) in [5, 5.41) is 2.72. The first-order valence-electron chi connectivity index (χ1n) is 13.8. The normalized spacial score (nSPS) is 22.9. The fourth-order valence-corrected chi connectivity index (χ4v) is 6.91. The highest BCUT2D eigenvalue weighted by molar-refractivity contribution is 6.10. The van der Waals surface area contributed by atoms with Gasteiger partial charge in [-0.2, -0.15) is 0 Å². The lowest BCUT2D eigenvalue weighted by Gasteiger charge is -2.45. The minimum absolute atomic E-state index is 0.00742. The number of hydrogen-bond acceptors (Lipinski definition) is 5. The maximum absolute atomic E-state index is 14.1. The zero-order valence-corrected chi connectivity index (χ0v) is 22.8. The average molecular weight is 537 g/mol. The van der Waals surface area contributed by atoms with Crippen molar-refractivity contribution < 1.29 is 23.9 Å². The lowest BCUT2D eigenvalue weighted by molar-refractivity contribution is -0.160. The third kappa shape index (κ3) is 4.21. The number of hydrogen-bond donors (Lipinski definition) is 1. The van der Waals surface area contributed by atoms with Crippen LogP contribution in [0.3, 0.4) is 0 Å². The molecule has 0 saturated carbocycles. The second kappa shape index (κ2) is 10.0. The zero-order chi connectivity index (χ0) is 28.1. The van der Waals surface area contributed by atoms with Crippen LogP contribution >= 0.6 is 0 Å². The van der Waals surface area contributed by atoms with Crippen molar-refractivity contribution in [2.75, 3.05) is 11.9 Å². The number of carbonyl (C=O) groups excluding carboxylic acids is 4. The standard InChI is InChI=1S/C33H32N2O5/c1-18(2)15-25(33(39)40-17-26(36)34-20-10-8-9-19(3)16-20)35-31(37)29-27-21-11-4-5-12-22(21)28(30(29)32(35)38)24-14-7-6-13-23(24)27/h4-14,16,18,25,27-30H,15,17H2,1-3H3,(H,34,36)/t25-,27?,28?,29-,30+/m0/s1. The number of rotatable bonds is 7. The van der Waals surface area contributed by atoms with Gasteiger partial charge in [-0.05, 0) is 59.2 Å². The minimum atomic E-state index is -1.09. The molecule has 7 nitrogen and oxygen atoms in total. The van der Waals surface area contributed by atoms with Crippen LogP contribution in [-0.2, 0) is 23.9 Å². The molecule has 0 aromatic heterocycles. The number of benzene rings is 3. The summed E-state index contributed by atoms with van der Waals surface area (Å²) < 4.78 is 5.43. The Morgan fingerprint density at radius 3 is 1.82 bits per heavy atom. The van der Waals surface area contributed by atoms with Gasteiger partial charge in [0.1, 0.15) is 6.04 Å². The van der Waals surface area contributed by atoms with Gasteiger partial charge in [-0.3, -0.25) is 19.3 Å². The van der Waals surface area contributed by atoms with Gasteiger partial charge >= 0.3 is 5.97 Å². The Labute approximate surface area is 233 Å². The van der Waals surface area contributed by atoms with Crippen molar-refractivity contribution in [3.63, 3.8) is 0 Å². The number of nitrogens with zero attached hydrogens (tertiary/aromatic N) is 1. The SMILES string of the molecule is Cc1cccc(NC(=O)COC(=O)[C@H](CC(C)C)N2C(=O)[C@@H]3C4c5ccccc5C(c5ccccc54)[C@@H]3C2=O)c1. The summed E-state index contributed by atoms with van der Waals surface area (Å²) in [6.45, 7) is 5.26. The Balaban J connectivity index is 1.27. The fourth-order valence-electron chi connectivity index (χ4n) is 6.91. The topological polar surface area (TPSA) is 92.8 Å². The van der Waals surface area contributed by atoms with E-state index in [1.807, 2.05) is 87.5 Å². The summed E-state index contributed by atoms with van der Waals surface area (Å²) in [5.74, 6) is -3.53. The average Bonchev–Trinajstić information content (AvgIpc) is 3.20. The van der Waals surface area contributed by atoms with Gasteiger partial charge < -0.3 is 10.1 Å². The number of aryl methyl sites for hydroxylation is 1. The summed E-state index contributed by atoms with van der Waals surface area (Å²) in [7, 11) is 0. The highest BCUT2D eigenvalue weighted by Gasteiger charge is 2.63. The molecule has 2 bridgehead atoms. The maximum Gasteiger partial charge on any atom is 0.329 e. The van der Waals surface area contributed by atoms with Gasteiger partial charge in [0.15, 0.2) is 6.61 Å². The van der Waals surface area contributed by atoms with Crippen molar-refractivity contribution in [2.45, 2.75) is 45.1 Å². The van der Waals surface area contributed by atoms with E-state index in [-0.39, 0.29) is 36.0 Å². The fraction of sp³-hybridized carbons (Fsp3) is 0.333. The maximum atomic E-state index is 14.1. The largest absolute Gasteiger partial charge is 0.454 e. The molecule has 1 aliphatic heterocycles. The highest BCUT2D eigenvalue weighted by atomic mass is 16.5. The molecule has 3 aliphatic carbocycles. The monoisotopic (exact) mass is 536 g/mol. The van der Waals surface area contributed by atoms with Crippen LogP contribution in [0.4, 0.5) is 5.69 Å². The van der Waals surface area contributed by atoms with E-state index in [9.17, 15) is 19.2 Å². The smallest absolute Gasteiger partial charge is 0.329 e. The van der Waals surface area contributed by atoms with Crippen LogP contribution in [0.1, 0.15) is 59.9 Å². The van der Waals surface area contributed by atoms with Crippen LogP contribution in [0.15, 0.2) is 72.8 Å². The predicted molar refractivity (Wildman–Crippen MR) is 149 cm³/mol. The van der Waals surface area contributed by atoms with Crippen molar-refractivity contribution in [1.82, 2.24) is 4.90 Å². The summed E-state index contributed by atoms with van der Waals surface area (Å²) in [5.41, 5.74) is 5.89. The van der Waals surface area contributed by atoms with E-state index in [4.69, 9.17) is 4.74 Å². The molecule has 7 heteroatoms. The molecule has 7 rings (SSSR count). The molecule has 0 spiro atoms. The van der Waals surface area contributed by atoms with Crippen molar-refractivity contribution in [3.8, 4) is 0 Å². The van der Waals surface area contributed by atoms with Crippen molar-refractivity contribution in [2.24, 2.45) is 17.8 Å². The third-order valence-electron chi connectivity index (χ3n) is 8.41. The molecule has 0 unspecified atom stereocenters. The Bertz CT molecular complexity index is 1410. The molecule has 1 saturated heterocycles. The lowest BCUT2D eigenvalue weighted by atomic mass is 9.55. The van der Waals surface area contributed by atoms with Gasteiger partial charge in [-0.15, -0.1) is 0 Å². The molecule has 1 heterocycles. The van der Waals surface area contributed by atoms with Crippen LogP contribution in [0.25, 0.3) is 0 Å². The van der Waals surface area contributed by atoms with E-state index in [0.29, 0.717) is 5.69 Å². The summed E-state index contributed by atoms with van der Waals surface area (Å²) in [4.78, 5) is 55.4. The highest BCUT2D eigenvalue weighted by Crippen LogP contribution is 2.61. The molecular formula is C33H32N2O5. The Hall–Kier alpha value is -4.26. The van der Waals surface area contributed by atoms with Crippen LogP contribution in [0.5, 0.6) is 0 Å². The van der Waals surface area contributed by atoms with E-state index in [0.717, 1.165) is 32.7 Å². The predicted octanol–water partition coefficient (Wildman–Crippen LogP) is 4.78. The number of esters is 1. The van der Waals surface area contributed by atoms with E-state index < -0.39 is 36.4 Å². The molecule has 4 aliphatic rings. The Morgan fingerprint density at radius 1 is 0.825 bits per heavy atom. The second-order valence-corrected chi connectivity index (χ2v) is 11.5. The molecule has 3 amide bonds. The van der Waals surface area contributed by atoms with Gasteiger partial charge in [0.25, 0.3) is 5.91 Å². The summed E-state index contributed by atoms with van der Waals surface area (Å²) in [6.07, 6.45) is 0.254. The molecule has 3 aromatic carbocycles. The lowest BCUT2D eigenvalue weighted by Crippen LogP contribution is -2.47. The van der Waals surface area contributed by atoms with Crippen molar-refractivity contribution in [1.29, 1.82) is 0 Å². The Kier molecular flexibility index (Phi) is 6.53. The number of carbonyl (C=O) groups is 4. The van der Waals surface area contributed by atoms with Gasteiger partial charge in [0.2, 0.25) is 11.8 Å². The van der Waals surface area contributed by atoms with Gasteiger partial charge in [0.05, 0.1) is 11.8 Å². The van der Waals surface area contributed by atoms with Gasteiger partial charge in [-0.25, -0.2) is 4.79 Å². The molecule has 1 fully saturated rings. The van der Waals surface area contributed by atoms with Crippen molar-refractivity contribution in [3.05, 3.63) is 101 Å². The first-order chi connectivity index (χ1) is 19.3. The molecule has 204 valence electrons. The summed E-state index contributed by atoms with van der Waals surface area (Å²) in [6, 6.07) is 22.3. The molecule has 0 radical (unpaired) electrons. The number of imide groups is 1. The van der Waals surface area contributed by atoms with Gasteiger partial charge in [-0.1, -0.05) is 74.5 Å². The molecule has 40 heavy (non-hydrogen) atoms. The molecule has 1 N–H and O–H groups in total. The second-order valence-electron chi connectivity index (χ2n) is 11.5. The minimum Gasteiger partial charge on any atom is -0.454 e. The number of ether oxygens (including phenoxy) is 1. The van der Waals surface area contributed by atoms with E-state index in [2.05, 4.69) is 5.32 Å². The van der Waals surface area contributed by atoms with Crippen LogP contribution < -0.4 is 5.32 Å². The molecule has 3 aromatic rings. The third-order valence-corrected chi connectivity index (χ3v) is 8.41. The van der Waals surface area contributed by atoms with E-state index in [1.165, 1.54) is 0 Å². The quantitative estimate of drug-likeness (QED) is 0.347. The van der Waals surface area contributed by atoms with Crippen LogP contribution in [0.2, 0.25) is 0 Å². The van der Waals surface area contributed by atoms with Crippen LogP contribution in [0, 0.1) is 24.7 Å². The summed E-state index contributed by atoms with van der Waals surface area (Å²) >= 11 is 0. The van der Waals surface area contributed by atoms with E-state index in [1.54, 1.807) is 6.07 Å². The number of amides is 3. The van der Waals surface area contributed by atoms with Crippen LogP contribution in [-0.4, -0.2) is 41.2 Å².